The Hall–Kier alpha value is -3.67. The lowest BCUT2D eigenvalue weighted by Gasteiger charge is -2.09. The molecule has 0 saturated heterocycles. The molecule has 2 aromatic heterocycles. The fourth-order valence-corrected chi connectivity index (χ4v) is 2.78. The number of aromatic carboxylic acids is 1. The van der Waals surface area contributed by atoms with Gasteiger partial charge in [-0.3, -0.25) is 9.36 Å². The van der Waals surface area contributed by atoms with Crippen LogP contribution in [-0.4, -0.2) is 26.5 Å². The lowest BCUT2D eigenvalue weighted by Crippen LogP contribution is -2.17. The second-order valence-electron chi connectivity index (χ2n) is 5.39. The molecule has 122 valence electrons. The highest BCUT2D eigenvalue weighted by Crippen LogP contribution is 2.27. The zero-order chi connectivity index (χ0) is 17.4. The maximum atomic E-state index is 13.2. The van der Waals surface area contributed by atoms with Crippen LogP contribution in [0, 0.1) is 0 Å². The number of nitrogens with zero attached hydrogens (tertiary/aromatic N) is 2. The summed E-state index contributed by atoms with van der Waals surface area (Å²) in [5.41, 5.74) is 1.23. The fraction of sp³-hybridized carbons (Fsp3) is 0. The summed E-state index contributed by atoms with van der Waals surface area (Å²) in [6, 6.07) is 16.7. The SMILES string of the molecule is O=C(O)c1ccccc1C(=O)n1c(-c2ccco2)nc2ccccc21. The fourth-order valence-electron chi connectivity index (χ4n) is 2.78. The minimum absolute atomic E-state index is 0.0596. The van der Waals surface area contributed by atoms with E-state index in [4.69, 9.17) is 4.42 Å². The molecule has 4 rings (SSSR count). The molecule has 0 spiro atoms. The summed E-state index contributed by atoms with van der Waals surface area (Å²) in [6.45, 7) is 0. The first-order valence-electron chi connectivity index (χ1n) is 7.55. The standard InChI is InChI=1S/C19H12N2O4/c22-18(12-6-1-2-7-13(12)19(23)24)21-15-9-4-3-8-14(15)20-17(21)16-10-5-11-25-16/h1-11H,(H,23,24). The minimum Gasteiger partial charge on any atom is -0.478 e. The Labute approximate surface area is 142 Å². The van der Waals surface area contributed by atoms with Gasteiger partial charge in [0.15, 0.2) is 11.6 Å². The van der Waals surface area contributed by atoms with Crippen LogP contribution >= 0.6 is 0 Å². The molecule has 4 aromatic rings. The topological polar surface area (TPSA) is 85.3 Å². The lowest BCUT2D eigenvalue weighted by molar-refractivity contribution is 0.0691. The number of hydrogen-bond donors (Lipinski definition) is 1. The molecule has 6 heteroatoms. The van der Waals surface area contributed by atoms with Crippen LogP contribution in [0.15, 0.2) is 71.3 Å². The summed E-state index contributed by atoms with van der Waals surface area (Å²) < 4.78 is 6.79. The lowest BCUT2D eigenvalue weighted by atomic mass is 10.1. The number of carboxylic acids is 1. The third-order valence-corrected chi connectivity index (χ3v) is 3.89. The highest BCUT2D eigenvalue weighted by Gasteiger charge is 2.24. The quantitative estimate of drug-likeness (QED) is 0.618. The molecule has 0 aliphatic rings. The number of carboxylic acid groups (broad SMARTS) is 1. The number of aromatic nitrogens is 2. The van der Waals surface area contributed by atoms with E-state index in [2.05, 4.69) is 4.98 Å². The highest BCUT2D eigenvalue weighted by molar-refractivity contribution is 6.09. The normalized spacial score (nSPS) is 10.9. The molecular formula is C19H12N2O4. The van der Waals surface area contributed by atoms with E-state index in [-0.39, 0.29) is 11.1 Å². The maximum Gasteiger partial charge on any atom is 0.336 e. The predicted octanol–water partition coefficient (Wildman–Crippen LogP) is 3.68. The first kappa shape index (κ1) is 14.9. The molecule has 0 aliphatic carbocycles. The van der Waals surface area contributed by atoms with Gasteiger partial charge in [0.25, 0.3) is 5.91 Å². The van der Waals surface area contributed by atoms with Crippen molar-refractivity contribution >= 4 is 22.9 Å². The van der Waals surface area contributed by atoms with E-state index in [0.717, 1.165) is 0 Å². The monoisotopic (exact) mass is 332 g/mol. The highest BCUT2D eigenvalue weighted by atomic mass is 16.4. The van der Waals surface area contributed by atoms with Gasteiger partial charge in [0.2, 0.25) is 0 Å². The largest absolute Gasteiger partial charge is 0.478 e. The average Bonchev–Trinajstić information content (AvgIpc) is 3.28. The van der Waals surface area contributed by atoms with E-state index >= 15 is 0 Å². The van der Waals surface area contributed by atoms with Gasteiger partial charge in [0.1, 0.15) is 0 Å². The first-order valence-corrected chi connectivity index (χ1v) is 7.55. The number of para-hydroxylation sites is 2. The molecule has 0 radical (unpaired) electrons. The van der Waals surface area contributed by atoms with Crippen LogP contribution in [0.5, 0.6) is 0 Å². The van der Waals surface area contributed by atoms with Gasteiger partial charge in [-0.2, -0.15) is 0 Å². The minimum atomic E-state index is -1.16. The zero-order valence-electron chi connectivity index (χ0n) is 12.9. The first-order chi connectivity index (χ1) is 12.2. The maximum absolute atomic E-state index is 13.2. The molecular weight excluding hydrogens is 320 g/mol. The summed E-state index contributed by atoms with van der Waals surface area (Å²) in [4.78, 5) is 29.1. The van der Waals surface area contributed by atoms with Gasteiger partial charge in [-0.1, -0.05) is 24.3 Å². The van der Waals surface area contributed by atoms with Crippen LogP contribution in [-0.2, 0) is 0 Å². The molecule has 0 aliphatic heterocycles. The summed E-state index contributed by atoms with van der Waals surface area (Å²) in [6.07, 6.45) is 1.49. The van der Waals surface area contributed by atoms with E-state index < -0.39 is 11.9 Å². The van der Waals surface area contributed by atoms with Crippen molar-refractivity contribution in [3.05, 3.63) is 78.1 Å². The molecule has 25 heavy (non-hydrogen) atoms. The Morgan fingerprint density at radius 1 is 0.920 bits per heavy atom. The molecule has 2 heterocycles. The molecule has 0 saturated carbocycles. The second kappa shape index (κ2) is 5.76. The van der Waals surface area contributed by atoms with Crippen molar-refractivity contribution in [3.63, 3.8) is 0 Å². The number of furan rings is 1. The number of benzene rings is 2. The van der Waals surface area contributed by atoms with Crippen molar-refractivity contribution in [3.8, 4) is 11.6 Å². The van der Waals surface area contributed by atoms with Gasteiger partial charge in [-0.15, -0.1) is 0 Å². The number of carbonyl (C=O) groups excluding carboxylic acids is 1. The van der Waals surface area contributed by atoms with Crippen molar-refractivity contribution in [2.45, 2.75) is 0 Å². The molecule has 0 amide bonds. The van der Waals surface area contributed by atoms with E-state index in [1.165, 1.54) is 23.0 Å². The van der Waals surface area contributed by atoms with Crippen molar-refractivity contribution in [1.82, 2.24) is 9.55 Å². The van der Waals surface area contributed by atoms with Crippen LogP contribution in [0.1, 0.15) is 20.7 Å². The third kappa shape index (κ3) is 2.40. The Kier molecular flexibility index (Phi) is 3.43. The molecule has 0 bridgehead atoms. The summed E-state index contributed by atoms with van der Waals surface area (Å²) in [5.74, 6) is -0.875. The average molecular weight is 332 g/mol. The van der Waals surface area contributed by atoms with Gasteiger partial charge in [-0.25, -0.2) is 9.78 Å². The van der Waals surface area contributed by atoms with Gasteiger partial charge in [0, 0.05) is 0 Å². The van der Waals surface area contributed by atoms with Crippen LogP contribution in [0.2, 0.25) is 0 Å². The van der Waals surface area contributed by atoms with Crippen molar-refractivity contribution in [2.75, 3.05) is 0 Å². The molecule has 0 fully saturated rings. The Balaban J connectivity index is 1.99. The van der Waals surface area contributed by atoms with E-state index in [1.807, 2.05) is 6.07 Å². The van der Waals surface area contributed by atoms with Crippen molar-refractivity contribution in [1.29, 1.82) is 0 Å². The Bertz CT molecular complexity index is 1090. The number of fused-ring (bicyclic) bond motifs is 1. The van der Waals surface area contributed by atoms with Crippen LogP contribution < -0.4 is 0 Å². The zero-order valence-corrected chi connectivity index (χ0v) is 12.9. The third-order valence-electron chi connectivity index (χ3n) is 3.89. The van der Waals surface area contributed by atoms with Crippen LogP contribution in [0.3, 0.4) is 0 Å². The van der Waals surface area contributed by atoms with Crippen molar-refractivity contribution in [2.24, 2.45) is 0 Å². The van der Waals surface area contributed by atoms with Crippen LogP contribution in [0.4, 0.5) is 0 Å². The molecule has 0 unspecified atom stereocenters. The summed E-state index contributed by atoms with van der Waals surface area (Å²) in [5, 5.41) is 9.38. The molecule has 0 atom stereocenters. The summed E-state index contributed by atoms with van der Waals surface area (Å²) >= 11 is 0. The van der Waals surface area contributed by atoms with Gasteiger partial charge in [-0.05, 0) is 36.4 Å². The smallest absolute Gasteiger partial charge is 0.336 e. The van der Waals surface area contributed by atoms with E-state index in [0.29, 0.717) is 22.6 Å². The molecule has 2 aromatic carbocycles. The number of rotatable bonds is 3. The predicted molar refractivity (Wildman–Crippen MR) is 90.6 cm³/mol. The van der Waals surface area contributed by atoms with Gasteiger partial charge >= 0.3 is 5.97 Å². The Morgan fingerprint density at radius 2 is 1.64 bits per heavy atom. The second-order valence-corrected chi connectivity index (χ2v) is 5.39. The van der Waals surface area contributed by atoms with Gasteiger partial charge < -0.3 is 9.52 Å². The van der Waals surface area contributed by atoms with Gasteiger partial charge in [0.05, 0.1) is 28.4 Å². The molecule has 1 N–H and O–H groups in total. The van der Waals surface area contributed by atoms with Crippen LogP contribution in [0.25, 0.3) is 22.6 Å². The number of hydrogen-bond acceptors (Lipinski definition) is 4. The van der Waals surface area contributed by atoms with Crippen molar-refractivity contribution < 1.29 is 19.1 Å². The number of imidazole rings is 1. The summed E-state index contributed by atoms with van der Waals surface area (Å²) in [7, 11) is 0. The van der Waals surface area contributed by atoms with E-state index in [1.54, 1.807) is 42.5 Å². The van der Waals surface area contributed by atoms with E-state index in [9.17, 15) is 14.7 Å². The Morgan fingerprint density at radius 3 is 2.36 bits per heavy atom. The number of carbonyl (C=O) groups is 2. The molecule has 6 nitrogen and oxygen atoms in total.